The normalized spacial score (nSPS) is 16.1. The minimum atomic E-state index is -0.563. The Hall–Kier alpha value is -1.03. The van der Waals surface area contributed by atoms with Crippen LogP contribution in [0.25, 0.3) is 0 Å². The van der Waals surface area contributed by atoms with Gasteiger partial charge in [0, 0.05) is 5.92 Å². The minimum Gasteiger partial charge on any atom is -0.299 e. The molecular formula is C10H10ClFN2O. The van der Waals surface area contributed by atoms with Gasteiger partial charge in [0.25, 0.3) is 0 Å². The molecule has 2 rings (SSSR count). The van der Waals surface area contributed by atoms with Crippen molar-refractivity contribution >= 4 is 17.4 Å². The molecule has 0 saturated heterocycles. The second kappa shape index (κ2) is 4.23. The highest BCUT2D eigenvalue weighted by Gasteiger charge is 2.26. The second-order valence-corrected chi connectivity index (χ2v) is 4.04. The number of hydrogen-bond acceptors (Lipinski definition) is 3. The van der Waals surface area contributed by atoms with Gasteiger partial charge >= 0.3 is 0 Å². The van der Waals surface area contributed by atoms with E-state index in [1.54, 1.807) is 0 Å². The van der Waals surface area contributed by atoms with Crippen LogP contribution in [0, 0.1) is 11.7 Å². The van der Waals surface area contributed by atoms with Gasteiger partial charge in [-0.15, -0.1) is 0 Å². The van der Waals surface area contributed by atoms with Crippen LogP contribution in [0.4, 0.5) is 4.39 Å². The summed E-state index contributed by atoms with van der Waals surface area (Å²) in [6.45, 7) is 0. The number of aromatic nitrogens is 2. The van der Waals surface area contributed by atoms with Crippen LogP contribution in [0.1, 0.15) is 25.0 Å². The van der Waals surface area contributed by atoms with Crippen LogP contribution in [0.15, 0.2) is 6.20 Å². The summed E-state index contributed by atoms with van der Waals surface area (Å²) < 4.78 is 13.2. The molecule has 0 unspecified atom stereocenters. The quantitative estimate of drug-likeness (QED) is 0.745. The van der Waals surface area contributed by atoms with Crippen molar-refractivity contribution in [2.75, 3.05) is 0 Å². The highest BCUT2D eigenvalue weighted by Crippen LogP contribution is 2.28. The fourth-order valence-corrected chi connectivity index (χ4v) is 1.69. The Balaban J connectivity index is 2.09. The lowest BCUT2D eigenvalue weighted by atomic mass is 9.81. The number of ketones is 1. The fraction of sp³-hybridized carbons (Fsp3) is 0.500. The number of hydrogen-bond donors (Lipinski definition) is 0. The van der Waals surface area contributed by atoms with E-state index in [-0.39, 0.29) is 29.1 Å². The van der Waals surface area contributed by atoms with Crippen molar-refractivity contribution in [1.82, 2.24) is 9.97 Å². The molecule has 0 amide bonds. The third kappa shape index (κ3) is 2.31. The van der Waals surface area contributed by atoms with E-state index in [0.29, 0.717) is 0 Å². The molecule has 0 atom stereocenters. The highest BCUT2D eigenvalue weighted by atomic mass is 35.5. The second-order valence-electron chi connectivity index (χ2n) is 3.70. The molecule has 5 heteroatoms. The summed E-state index contributed by atoms with van der Waals surface area (Å²) in [6, 6.07) is 0. The predicted molar refractivity (Wildman–Crippen MR) is 53.1 cm³/mol. The molecule has 0 aliphatic heterocycles. The van der Waals surface area contributed by atoms with E-state index in [1.165, 1.54) is 0 Å². The number of halogens is 2. The Morgan fingerprint density at radius 1 is 1.60 bits per heavy atom. The monoisotopic (exact) mass is 228 g/mol. The Morgan fingerprint density at radius 3 is 2.93 bits per heavy atom. The van der Waals surface area contributed by atoms with Gasteiger partial charge in [-0.1, -0.05) is 6.42 Å². The van der Waals surface area contributed by atoms with Gasteiger partial charge < -0.3 is 0 Å². The van der Waals surface area contributed by atoms with Crippen molar-refractivity contribution in [2.24, 2.45) is 5.92 Å². The van der Waals surface area contributed by atoms with Crippen LogP contribution >= 0.6 is 11.6 Å². The molecule has 15 heavy (non-hydrogen) atoms. The van der Waals surface area contributed by atoms with Crippen molar-refractivity contribution in [3.8, 4) is 0 Å². The maximum atomic E-state index is 13.2. The van der Waals surface area contributed by atoms with Crippen LogP contribution < -0.4 is 0 Å². The van der Waals surface area contributed by atoms with E-state index in [9.17, 15) is 9.18 Å². The van der Waals surface area contributed by atoms with E-state index in [2.05, 4.69) is 9.97 Å². The molecule has 1 aliphatic rings. The van der Waals surface area contributed by atoms with Crippen molar-refractivity contribution in [3.05, 3.63) is 23.0 Å². The van der Waals surface area contributed by atoms with Crippen LogP contribution in [0.2, 0.25) is 5.28 Å². The van der Waals surface area contributed by atoms with Gasteiger partial charge in [-0.05, 0) is 24.4 Å². The first-order chi connectivity index (χ1) is 7.16. The van der Waals surface area contributed by atoms with Gasteiger partial charge in [0.15, 0.2) is 5.82 Å². The van der Waals surface area contributed by atoms with E-state index >= 15 is 0 Å². The molecule has 1 saturated carbocycles. The van der Waals surface area contributed by atoms with E-state index in [4.69, 9.17) is 11.6 Å². The van der Waals surface area contributed by atoms with Crippen molar-refractivity contribution in [1.29, 1.82) is 0 Å². The molecule has 80 valence electrons. The number of Topliss-reactive ketones (excluding diaryl/α,β-unsaturated/α-hetero) is 1. The summed E-state index contributed by atoms with van der Waals surface area (Å²) in [7, 11) is 0. The summed E-state index contributed by atoms with van der Waals surface area (Å²) in [4.78, 5) is 18.8. The molecule has 0 aromatic carbocycles. The van der Waals surface area contributed by atoms with Gasteiger partial charge in [-0.3, -0.25) is 4.79 Å². The Bertz CT molecular complexity index is 393. The summed E-state index contributed by atoms with van der Waals surface area (Å²) in [6.07, 6.45) is 3.94. The number of nitrogens with zero attached hydrogens (tertiary/aromatic N) is 2. The summed E-state index contributed by atoms with van der Waals surface area (Å²) in [5, 5.41) is -0.0205. The first-order valence-electron chi connectivity index (χ1n) is 4.86. The number of carbonyl (C=O) groups excluding carboxylic acids is 1. The summed E-state index contributed by atoms with van der Waals surface area (Å²) in [5.74, 6) is -0.417. The van der Waals surface area contributed by atoms with Gasteiger partial charge in [-0.25, -0.2) is 14.4 Å². The Morgan fingerprint density at radius 2 is 2.33 bits per heavy atom. The van der Waals surface area contributed by atoms with Crippen molar-refractivity contribution in [3.63, 3.8) is 0 Å². The van der Waals surface area contributed by atoms with Gasteiger partial charge in [-0.2, -0.15) is 0 Å². The Labute approximate surface area is 91.7 Å². The minimum absolute atomic E-state index is 0.0205. The van der Waals surface area contributed by atoms with Crippen LogP contribution in [-0.4, -0.2) is 15.8 Å². The van der Waals surface area contributed by atoms with Crippen LogP contribution in [0.5, 0.6) is 0 Å². The first-order valence-corrected chi connectivity index (χ1v) is 5.24. The Kier molecular flexibility index (Phi) is 2.95. The lowest BCUT2D eigenvalue weighted by Gasteiger charge is -2.23. The smallest absolute Gasteiger partial charge is 0.222 e. The van der Waals surface area contributed by atoms with E-state index < -0.39 is 5.82 Å². The third-order valence-electron chi connectivity index (χ3n) is 2.69. The SMILES string of the molecule is O=C(Cc1nc(Cl)ncc1F)C1CCC1. The lowest BCUT2D eigenvalue weighted by molar-refractivity contribution is -0.124. The largest absolute Gasteiger partial charge is 0.299 e. The first kappa shape index (κ1) is 10.5. The van der Waals surface area contributed by atoms with Crippen LogP contribution in [0.3, 0.4) is 0 Å². The average molecular weight is 229 g/mol. The predicted octanol–water partition coefficient (Wildman–Crippen LogP) is 2.18. The standard InChI is InChI=1S/C10H10ClFN2O/c11-10-13-5-7(12)8(14-10)4-9(15)6-2-1-3-6/h5-6H,1-4H2. The molecule has 0 spiro atoms. The molecule has 0 radical (unpaired) electrons. The molecule has 1 aromatic heterocycles. The van der Waals surface area contributed by atoms with Crippen molar-refractivity contribution < 1.29 is 9.18 Å². The highest BCUT2D eigenvalue weighted by molar-refractivity contribution is 6.28. The molecule has 1 fully saturated rings. The lowest BCUT2D eigenvalue weighted by Crippen LogP contribution is -2.24. The zero-order valence-corrected chi connectivity index (χ0v) is 8.80. The van der Waals surface area contributed by atoms with Gasteiger partial charge in [0.05, 0.1) is 18.3 Å². The molecule has 3 nitrogen and oxygen atoms in total. The molecule has 1 heterocycles. The van der Waals surface area contributed by atoms with E-state index in [1.807, 2.05) is 0 Å². The zero-order valence-electron chi connectivity index (χ0n) is 8.04. The van der Waals surface area contributed by atoms with Gasteiger partial charge in [0.1, 0.15) is 5.78 Å². The number of carbonyl (C=O) groups is 1. The maximum absolute atomic E-state index is 13.2. The van der Waals surface area contributed by atoms with Crippen LogP contribution in [-0.2, 0) is 11.2 Å². The van der Waals surface area contributed by atoms with Gasteiger partial charge in [0.2, 0.25) is 5.28 Å². The molecule has 1 aliphatic carbocycles. The van der Waals surface area contributed by atoms with Crippen molar-refractivity contribution in [2.45, 2.75) is 25.7 Å². The summed E-state index contributed by atoms with van der Waals surface area (Å²) in [5.41, 5.74) is 0.104. The molecular weight excluding hydrogens is 219 g/mol. The number of rotatable bonds is 3. The molecule has 1 aromatic rings. The third-order valence-corrected chi connectivity index (χ3v) is 2.87. The maximum Gasteiger partial charge on any atom is 0.222 e. The summed E-state index contributed by atoms with van der Waals surface area (Å²) >= 11 is 5.53. The molecule has 0 N–H and O–H groups in total. The molecule has 0 bridgehead atoms. The fourth-order valence-electron chi connectivity index (χ4n) is 1.54. The zero-order chi connectivity index (χ0) is 10.8. The van der Waals surface area contributed by atoms with E-state index in [0.717, 1.165) is 25.5 Å². The topological polar surface area (TPSA) is 42.9 Å². The average Bonchev–Trinajstić information content (AvgIpc) is 2.08.